The van der Waals surface area contributed by atoms with Gasteiger partial charge in [0, 0.05) is 11.6 Å². The normalized spacial score (nSPS) is 12.7. The predicted molar refractivity (Wildman–Crippen MR) is 76.0 cm³/mol. The molecule has 0 aliphatic carbocycles. The molecule has 1 N–H and O–H groups in total. The van der Waals surface area contributed by atoms with Crippen molar-refractivity contribution >= 4 is 31.9 Å². The summed E-state index contributed by atoms with van der Waals surface area (Å²) in [6.07, 6.45) is 2.30. The van der Waals surface area contributed by atoms with Crippen molar-refractivity contribution in [2.75, 3.05) is 7.05 Å². The van der Waals surface area contributed by atoms with Crippen molar-refractivity contribution < 1.29 is 8.81 Å². The fourth-order valence-corrected chi connectivity index (χ4v) is 2.79. The first-order valence-electron chi connectivity index (χ1n) is 5.46. The molecule has 2 nitrogen and oxygen atoms in total. The molecule has 5 heteroatoms. The Bertz CT molecular complexity index is 542. The van der Waals surface area contributed by atoms with Crippen LogP contribution in [-0.2, 0) is 6.42 Å². The van der Waals surface area contributed by atoms with Crippen LogP contribution in [0, 0.1) is 5.82 Å². The zero-order valence-electron chi connectivity index (χ0n) is 9.71. The molecule has 2 aromatic rings. The average molecular weight is 377 g/mol. The molecule has 2 rings (SSSR count). The molecular formula is C13H12Br2FNO. The molecule has 0 amide bonds. The molecule has 0 fully saturated rings. The first-order chi connectivity index (χ1) is 8.63. The predicted octanol–water partition coefficient (Wildman–Crippen LogP) is 4.45. The second-order valence-electron chi connectivity index (χ2n) is 3.91. The van der Waals surface area contributed by atoms with Crippen LogP contribution < -0.4 is 5.32 Å². The van der Waals surface area contributed by atoms with E-state index >= 15 is 0 Å². The molecule has 1 aromatic carbocycles. The lowest BCUT2D eigenvalue weighted by Crippen LogP contribution is -2.19. The van der Waals surface area contributed by atoms with Gasteiger partial charge in [0.25, 0.3) is 0 Å². The smallest absolute Gasteiger partial charge is 0.173 e. The van der Waals surface area contributed by atoms with E-state index in [1.54, 1.807) is 12.3 Å². The number of hydrogen-bond donors (Lipinski definition) is 1. The molecule has 0 aliphatic heterocycles. The molecule has 1 aromatic heterocycles. The third-order valence-corrected chi connectivity index (χ3v) is 4.36. The first kappa shape index (κ1) is 13.8. The summed E-state index contributed by atoms with van der Waals surface area (Å²) in [5.41, 5.74) is 1.94. The molecule has 0 radical (unpaired) electrons. The zero-order valence-corrected chi connectivity index (χ0v) is 12.9. The summed E-state index contributed by atoms with van der Waals surface area (Å²) in [5.74, 6) is -0.242. The standard InChI is InChI=1S/C13H12Br2FNO/c1-17-11(9-5-6-18-13(9)15)7-8-3-2-4-10(16)12(8)14/h2-6,11,17H,7H2,1H3. The van der Waals surface area contributed by atoms with Crippen molar-refractivity contribution in [2.24, 2.45) is 0 Å². The second kappa shape index (κ2) is 5.99. The third kappa shape index (κ3) is 2.84. The van der Waals surface area contributed by atoms with Gasteiger partial charge in [-0.3, -0.25) is 0 Å². The molecule has 1 unspecified atom stereocenters. The lowest BCUT2D eigenvalue weighted by Gasteiger charge is -2.16. The minimum absolute atomic E-state index is 0.0659. The fourth-order valence-electron chi connectivity index (χ4n) is 1.85. The summed E-state index contributed by atoms with van der Waals surface area (Å²) in [6.45, 7) is 0. The van der Waals surface area contributed by atoms with Gasteiger partial charge in [0.1, 0.15) is 5.82 Å². The van der Waals surface area contributed by atoms with E-state index < -0.39 is 0 Å². The molecule has 1 heterocycles. The van der Waals surface area contributed by atoms with Crippen molar-refractivity contribution in [2.45, 2.75) is 12.5 Å². The Morgan fingerprint density at radius 3 is 2.72 bits per heavy atom. The largest absolute Gasteiger partial charge is 0.457 e. The van der Waals surface area contributed by atoms with Gasteiger partial charge in [0.15, 0.2) is 4.67 Å². The minimum Gasteiger partial charge on any atom is -0.457 e. The Kier molecular flexibility index (Phi) is 4.59. The summed E-state index contributed by atoms with van der Waals surface area (Å²) in [5, 5.41) is 3.21. The number of halogens is 3. The van der Waals surface area contributed by atoms with Crippen molar-refractivity contribution in [3.63, 3.8) is 0 Å². The Balaban J connectivity index is 2.26. The van der Waals surface area contributed by atoms with E-state index in [1.165, 1.54) is 6.07 Å². The van der Waals surface area contributed by atoms with Crippen LogP contribution in [0.15, 0.2) is 44.1 Å². The molecular weight excluding hydrogens is 365 g/mol. The van der Waals surface area contributed by atoms with Gasteiger partial charge in [0.05, 0.1) is 10.7 Å². The highest BCUT2D eigenvalue weighted by molar-refractivity contribution is 9.10. The molecule has 96 valence electrons. The molecule has 0 aliphatic rings. The summed E-state index contributed by atoms with van der Waals surface area (Å²) < 4.78 is 19.9. The summed E-state index contributed by atoms with van der Waals surface area (Å²) in [7, 11) is 1.87. The van der Waals surface area contributed by atoms with E-state index in [2.05, 4.69) is 37.2 Å². The van der Waals surface area contributed by atoms with Crippen LogP contribution in [-0.4, -0.2) is 7.05 Å². The topological polar surface area (TPSA) is 25.2 Å². The van der Waals surface area contributed by atoms with Gasteiger partial charge in [-0.2, -0.15) is 0 Å². The Morgan fingerprint density at radius 2 is 2.11 bits per heavy atom. The van der Waals surface area contributed by atoms with E-state index in [9.17, 15) is 4.39 Å². The minimum atomic E-state index is -0.242. The highest BCUT2D eigenvalue weighted by atomic mass is 79.9. The van der Waals surface area contributed by atoms with E-state index in [0.717, 1.165) is 11.1 Å². The zero-order chi connectivity index (χ0) is 13.1. The quantitative estimate of drug-likeness (QED) is 0.852. The second-order valence-corrected chi connectivity index (χ2v) is 5.42. The van der Waals surface area contributed by atoms with Crippen LogP contribution in [0.3, 0.4) is 0 Å². The van der Waals surface area contributed by atoms with Gasteiger partial charge in [-0.25, -0.2) is 4.39 Å². The van der Waals surface area contributed by atoms with E-state index in [1.807, 2.05) is 19.2 Å². The molecule has 1 atom stereocenters. The van der Waals surface area contributed by atoms with E-state index in [4.69, 9.17) is 4.42 Å². The van der Waals surface area contributed by atoms with Crippen LogP contribution in [0.25, 0.3) is 0 Å². The molecule has 0 spiro atoms. The van der Waals surface area contributed by atoms with Crippen LogP contribution in [0.5, 0.6) is 0 Å². The lowest BCUT2D eigenvalue weighted by molar-refractivity contribution is 0.517. The van der Waals surface area contributed by atoms with Crippen LogP contribution in [0.2, 0.25) is 0 Å². The Labute approximate surface area is 122 Å². The maximum Gasteiger partial charge on any atom is 0.173 e. The number of hydrogen-bond acceptors (Lipinski definition) is 2. The molecule has 0 saturated carbocycles. The number of rotatable bonds is 4. The fraction of sp³-hybridized carbons (Fsp3) is 0.231. The van der Waals surface area contributed by atoms with E-state index in [0.29, 0.717) is 15.6 Å². The Hall–Kier alpha value is -0.650. The molecule has 18 heavy (non-hydrogen) atoms. The van der Waals surface area contributed by atoms with Crippen molar-refractivity contribution in [1.29, 1.82) is 0 Å². The van der Waals surface area contributed by atoms with Gasteiger partial charge in [-0.05, 0) is 63.0 Å². The van der Waals surface area contributed by atoms with Crippen molar-refractivity contribution in [3.05, 3.63) is 56.6 Å². The van der Waals surface area contributed by atoms with E-state index in [-0.39, 0.29) is 11.9 Å². The van der Waals surface area contributed by atoms with Gasteiger partial charge in [-0.1, -0.05) is 12.1 Å². The van der Waals surface area contributed by atoms with Crippen molar-refractivity contribution in [3.8, 4) is 0 Å². The van der Waals surface area contributed by atoms with Gasteiger partial charge in [0.2, 0.25) is 0 Å². The number of likely N-dealkylation sites (N-methyl/N-ethyl adjacent to an activating group) is 1. The summed E-state index contributed by atoms with van der Waals surface area (Å²) in [4.78, 5) is 0. The number of nitrogens with one attached hydrogen (secondary N) is 1. The lowest BCUT2D eigenvalue weighted by atomic mass is 10.0. The first-order valence-corrected chi connectivity index (χ1v) is 7.05. The van der Waals surface area contributed by atoms with Gasteiger partial charge < -0.3 is 9.73 Å². The van der Waals surface area contributed by atoms with Crippen LogP contribution in [0.1, 0.15) is 17.2 Å². The number of benzene rings is 1. The average Bonchev–Trinajstić information content (AvgIpc) is 2.77. The Morgan fingerprint density at radius 1 is 1.33 bits per heavy atom. The maximum absolute atomic E-state index is 13.5. The molecule has 0 saturated heterocycles. The number of furan rings is 1. The monoisotopic (exact) mass is 375 g/mol. The maximum atomic E-state index is 13.5. The van der Waals surface area contributed by atoms with Crippen molar-refractivity contribution in [1.82, 2.24) is 5.32 Å². The SMILES string of the molecule is CNC(Cc1cccc(F)c1Br)c1ccoc1Br. The highest BCUT2D eigenvalue weighted by Crippen LogP contribution is 2.30. The van der Waals surface area contributed by atoms with Gasteiger partial charge in [-0.15, -0.1) is 0 Å². The van der Waals surface area contributed by atoms with Gasteiger partial charge >= 0.3 is 0 Å². The summed E-state index contributed by atoms with van der Waals surface area (Å²) in [6, 6.07) is 7.03. The van der Waals surface area contributed by atoms with Crippen LogP contribution in [0.4, 0.5) is 4.39 Å². The third-order valence-electron chi connectivity index (χ3n) is 2.83. The van der Waals surface area contributed by atoms with Crippen LogP contribution >= 0.6 is 31.9 Å². The molecule has 0 bridgehead atoms. The summed E-state index contributed by atoms with van der Waals surface area (Å²) >= 11 is 6.64. The highest BCUT2D eigenvalue weighted by Gasteiger charge is 2.17.